The van der Waals surface area contributed by atoms with Crippen molar-refractivity contribution in [3.63, 3.8) is 0 Å². The van der Waals surface area contributed by atoms with Crippen molar-refractivity contribution in [3.05, 3.63) is 28.6 Å². The number of hydrogen-bond acceptors (Lipinski definition) is 3. The predicted molar refractivity (Wildman–Crippen MR) is 51.4 cm³/mol. The SMILES string of the molecule is N#CCc1ncc(CN)c(C(F)(F)F)c1C(F)F. The zero-order valence-electron chi connectivity index (χ0n) is 8.93. The Morgan fingerprint density at radius 2 is 2.00 bits per heavy atom. The molecule has 1 heterocycles. The smallest absolute Gasteiger partial charge is 0.326 e. The van der Waals surface area contributed by atoms with Gasteiger partial charge in [-0.1, -0.05) is 0 Å². The lowest BCUT2D eigenvalue weighted by atomic mass is 9.99. The lowest BCUT2D eigenvalue weighted by Gasteiger charge is -2.18. The summed E-state index contributed by atoms with van der Waals surface area (Å²) in [5.74, 6) is 0. The van der Waals surface area contributed by atoms with Gasteiger partial charge >= 0.3 is 6.18 Å². The second-order valence-corrected chi connectivity index (χ2v) is 3.36. The number of nitrogens with zero attached hydrogens (tertiary/aromatic N) is 2. The number of rotatable bonds is 3. The van der Waals surface area contributed by atoms with E-state index in [4.69, 9.17) is 11.0 Å². The van der Waals surface area contributed by atoms with Crippen molar-refractivity contribution < 1.29 is 22.0 Å². The van der Waals surface area contributed by atoms with Crippen LogP contribution in [0.4, 0.5) is 22.0 Å². The topological polar surface area (TPSA) is 62.7 Å². The van der Waals surface area contributed by atoms with E-state index in [-0.39, 0.29) is 0 Å². The van der Waals surface area contributed by atoms with Gasteiger partial charge in [-0.05, 0) is 5.56 Å². The molecule has 0 atom stereocenters. The average Bonchev–Trinajstić information content (AvgIpc) is 2.27. The first kappa shape index (κ1) is 14.3. The van der Waals surface area contributed by atoms with Crippen LogP contribution in [0.2, 0.25) is 0 Å². The van der Waals surface area contributed by atoms with Gasteiger partial charge in [0.1, 0.15) is 0 Å². The molecule has 1 rings (SSSR count). The Bertz CT molecular complexity index is 476. The van der Waals surface area contributed by atoms with Crippen LogP contribution in [0.25, 0.3) is 0 Å². The quantitative estimate of drug-likeness (QED) is 0.854. The largest absolute Gasteiger partial charge is 0.417 e. The molecular weight excluding hydrogens is 257 g/mol. The van der Waals surface area contributed by atoms with Gasteiger partial charge in [0.15, 0.2) is 0 Å². The molecule has 0 aromatic carbocycles. The molecule has 0 radical (unpaired) electrons. The van der Waals surface area contributed by atoms with E-state index in [1.54, 1.807) is 0 Å². The van der Waals surface area contributed by atoms with Crippen LogP contribution in [0.15, 0.2) is 6.20 Å². The third-order valence-corrected chi connectivity index (χ3v) is 2.25. The van der Waals surface area contributed by atoms with Crippen molar-refractivity contribution >= 4 is 0 Å². The predicted octanol–water partition coefficient (Wildman–Crippen LogP) is 2.56. The molecule has 0 saturated heterocycles. The summed E-state index contributed by atoms with van der Waals surface area (Å²) in [6.07, 6.45) is -8.17. The van der Waals surface area contributed by atoms with Gasteiger partial charge in [-0.3, -0.25) is 4.98 Å². The summed E-state index contributed by atoms with van der Waals surface area (Å²) in [5.41, 5.74) is 1.26. The summed E-state index contributed by atoms with van der Waals surface area (Å²) in [7, 11) is 0. The normalized spacial score (nSPS) is 11.7. The van der Waals surface area contributed by atoms with Gasteiger partial charge < -0.3 is 5.73 Å². The molecule has 0 amide bonds. The van der Waals surface area contributed by atoms with Gasteiger partial charge in [-0.2, -0.15) is 18.4 Å². The maximum absolute atomic E-state index is 12.8. The molecule has 1 aromatic rings. The van der Waals surface area contributed by atoms with Crippen LogP contribution < -0.4 is 5.73 Å². The van der Waals surface area contributed by atoms with Crippen LogP contribution in [0.1, 0.15) is 28.8 Å². The Morgan fingerprint density at radius 3 is 2.39 bits per heavy atom. The Kier molecular flexibility index (Phi) is 4.19. The van der Waals surface area contributed by atoms with E-state index in [1.165, 1.54) is 6.07 Å². The van der Waals surface area contributed by atoms with E-state index in [0.717, 1.165) is 6.20 Å². The summed E-state index contributed by atoms with van der Waals surface area (Å²) >= 11 is 0. The second-order valence-electron chi connectivity index (χ2n) is 3.36. The highest BCUT2D eigenvalue weighted by Gasteiger charge is 2.39. The lowest BCUT2D eigenvalue weighted by molar-refractivity contribution is -0.140. The first-order valence-electron chi connectivity index (χ1n) is 4.76. The fraction of sp³-hybridized carbons (Fsp3) is 0.400. The number of aromatic nitrogens is 1. The second kappa shape index (κ2) is 5.27. The molecular formula is C10H8F5N3. The van der Waals surface area contributed by atoms with Crippen molar-refractivity contribution in [3.8, 4) is 6.07 Å². The van der Waals surface area contributed by atoms with Gasteiger partial charge in [0.05, 0.1) is 29.3 Å². The monoisotopic (exact) mass is 265 g/mol. The molecule has 1 aromatic heterocycles. The van der Waals surface area contributed by atoms with E-state index in [2.05, 4.69) is 4.98 Å². The van der Waals surface area contributed by atoms with Gasteiger partial charge in [0.25, 0.3) is 6.43 Å². The third-order valence-electron chi connectivity index (χ3n) is 2.25. The van der Waals surface area contributed by atoms with E-state index in [0.29, 0.717) is 0 Å². The highest BCUT2D eigenvalue weighted by atomic mass is 19.4. The standard InChI is InChI=1S/C10H8F5N3/c11-9(12)7-6(1-2-16)18-4-5(3-17)8(7)10(13,14)15/h4,9H,1,3,17H2. The van der Waals surface area contributed by atoms with Gasteiger partial charge in [-0.15, -0.1) is 0 Å². The summed E-state index contributed by atoms with van der Waals surface area (Å²) in [5, 5.41) is 8.41. The molecule has 0 aliphatic heterocycles. The van der Waals surface area contributed by atoms with E-state index in [9.17, 15) is 22.0 Å². The molecule has 18 heavy (non-hydrogen) atoms. The maximum Gasteiger partial charge on any atom is 0.417 e. The first-order valence-corrected chi connectivity index (χ1v) is 4.76. The van der Waals surface area contributed by atoms with Crippen molar-refractivity contribution in [2.75, 3.05) is 0 Å². The van der Waals surface area contributed by atoms with Crippen molar-refractivity contribution in [1.82, 2.24) is 4.98 Å². The van der Waals surface area contributed by atoms with Crippen LogP contribution >= 0.6 is 0 Å². The molecule has 2 N–H and O–H groups in total. The number of pyridine rings is 1. The molecule has 0 fully saturated rings. The van der Waals surface area contributed by atoms with Crippen LogP contribution in [-0.2, 0) is 19.1 Å². The minimum atomic E-state index is -4.96. The summed E-state index contributed by atoms with van der Waals surface area (Å²) < 4.78 is 63.9. The van der Waals surface area contributed by atoms with Gasteiger partial charge in [0, 0.05) is 12.7 Å². The fourth-order valence-electron chi connectivity index (χ4n) is 1.55. The third kappa shape index (κ3) is 2.73. The molecule has 0 bridgehead atoms. The molecule has 3 nitrogen and oxygen atoms in total. The van der Waals surface area contributed by atoms with Crippen LogP contribution in [0.5, 0.6) is 0 Å². The number of alkyl halides is 5. The first-order chi connectivity index (χ1) is 8.32. The molecule has 0 aliphatic carbocycles. The Labute approximate surface area is 99.0 Å². The zero-order chi connectivity index (χ0) is 13.9. The number of halogens is 5. The highest BCUT2D eigenvalue weighted by Crippen LogP contribution is 2.39. The minimum absolute atomic E-state index is 0.514. The number of nitrogens with two attached hydrogens (primary N) is 1. The molecule has 0 spiro atoms. The fourth-order valence-corrected chi connectivity index (χ4v) is 1.55. The lowest BCUT2D eigenvalue weighted by Crippen LogP contribution is -2.18. The van der Waals surface area contributed by atoms with Gasteiger partial charge in [-0.25, -0.2) is 8.78 Å². The van der Waals surface area contributed by atoms with E-state index < -0.39 is 48.0 Å². The maximum atomic E-state index is 12.8. The van der Waals surface area contributed by atoms with E-state index in [1.807, 2.05) is 0 Å². The zero-order valence-corrected chi connectivity index (χ0v) is 8.93. The molecule has 8 heteroatoms. The Morgan fingerprint density at radius 1 is 1.39 bits per heavy atom. The van der Waals surface area contributed by atoms with Crippen molar-refractivity contribution in [2.45, 2.75) is 25.6 Å². The van der Waals surface area contributed by atoms with Crippen LogP contribution in [0, 0.1) is 11.3 Å². The Balaban J connectivity index is 3.60. The summed E-state index contributed by atoms with van der Waals surface area (Å²) in [6.45, 7) is -0.561. The Hall–Kier alpha value is -1.75. The number of hydrogen-bond donors (Lipinski definition) is 1. The average molecular weight is 265 g/mol. The van der Waals surface area contributed by atoms with Crippen molar-refractivity contribution in [2.24, 2.45) is 5.73 Å². The molecule has 0 unspecified atom stereocenters. The summed E-state index contributed by atoms with van der Waals surface area (Å²) in [4.78, 5) is 3.45. The minimum Gasteiger partial charge on any atom is -0.326 e. The van der Waals surface area contributed by atoms with Crippen LogP contribution in [-0.4, -0.2) is 4.98 Å². The summed E-state index contributed by atoms with van der Waals surface area (Å²) in [6, 6.07) is 1.50. The number of nitriles is 1. The molecule has 0 aliphatic rings. The van der Waals surface area contributed by atoms with Crippen molar-refractivity contribution in [1.29, 1.82) is 5.26 Å². The molecule has 0 saturated carbocycles. The van der Waals surface area contributed by atoms with E-state index >= 15 is 0 Å². The highest BCUT2D eigenvalue weighted by molar-refractivity contribution is 5.40. The van der Waals surface area contributed by atoms with Crippen LogP contribution in [0.3, 0.4) is 0 Å². The molecule has 98 valence electrons. The van der Waals surface area contributed by atoms with Gasteiger partial charge in [0.2, 0.25) is 0 Å².